The fourth-order valence-corrected chi connectivity index (χ4v) is 1.48. The normalized spacial score (nSPS) is 10.0. The highest BCUT2D eigenvalue weighted by Gasteiger charge is 2.06. The number of aryl methyl sites for hydroxylation is 1. The van der Waals surface area contributed by atoms with Gasteiger partial charge in [0.1, 0.15) is 5.82 Å². The van der Waals surface area contributed by atoms with Gasteiger partial charge in [-0.05, 0) is 13.8 Å². The molecule has 0 bridgehead atoms. The van der Waals surface area contributed by atoms with Crippen LogP contribution in [0.2, 0.25) is 10.0 Å². The average molecular weight is 262 g/mol. The van der Waals surface area contributed by atoms with Crippen LogP contribution in [0.3, 0.4) is 0 Å². The fourth-order valence-electron chi connectivity index (χ4n) is 1.14. The van der Waals surface area contributed by atoms with E-state index in [1.165, 1.54) is 0 Å². The van der Waals surface area contributed by atoms with Gasteiger partial charge in [0.15, 0.2) is 0 Å². The Labute approximate surface area is 104 Å². The highest BCUT2D eigenvalue weighted by Crippen LogP contribution is 2.26. The van der Waals surface area contributed by atoms with E-state index < -0.39 is 0 Å². The van der Waals surface area contributed by atoms with Crippen LogP contribution in [-0.2, 0) is 4.79 Å². The van der Waals surface area contributed by atoms with E-state index in [0.717, 1.165) is 0 Å². The molecule has 0 aliphatic carbocycles. The number of pyridine rings is 1. The lowest BCUT2D eigenvalue weighted by Crippen LogP contribution is -2.29. The van der Waals surface area contributed by atoms with Gasteiger partial charge in [0, 0.05) is 12.6 Å². The van der Waals surface area contributed by atoms with Gasteiger partial charge in [0.2, 0.25) is 5.91 Å². The summed E-state index contributed by atoms with van der Waals surface area (Å²) in [5, 5.41) is 6.40. The van der Waals surface area contributed by atoms with Crippen molar-refractivity contribution in [2.75, 3.05) is 18.4 Å². The molecule has 1 aromatic rings. The van der Waals surface area contributed by atoms with Crippen molar-refractivity contribution in [1.29, 1.82) is 0 Å². The highest BCUT2D eigenvalue weighted by molar-refractivity contribution is 6.42. The Kier molecular flexibility index (Phi) is 4.83. The lowest BCUT2D eigenvalue weighted by atomic mass is 10.3. The quantitative estimate of drug-likeness (QED) is 0.874. The van der Waals surface area contributed by atoms with Crippen LogP contribution in [0.25, 0.3) is 0 Å². The van der Waals surface area contributed by atoms with Crippen LogP contribution in [0, 0.1) is 6.92 Å². The smallest absolute Gasteiger partial charge is 0.239 e. The number of rotatable bonds is 4. The molecule has 0 unspecified atom stereocenters. The third-order valence-electron chi connectivity index (χ3n) is 1.88. The van der Waals surface area contributed by atoms with Gasteiger partial charge in [-0.3, -0.25) is 4.79 Å². The Balaban J connectivity index is 2.65. The molecule has 0 fully saturated rings. The maximum Gasteiger partial charge on any atom is 0.239 e. The molecule has 1 aromatic heterocycles. The van der Waals surface area contributed by atoms with Gasteiger partial charge in [0.25, 0.3) is 0 Å². The summed E-state index contributed by atoms with van der Waals surface area (Å²) in [4.78, 5) is 15.4. The molecule has 2 N–H and O–H groups in total. The SMILES string of the molecule is CCNC(=O)CNc1cc(Cl)c(Cl)c(C)n1. The summed E-state index contributed by atoms with van der Waals surface area (Å²) in [5.41, 5.74) is 0.632. The van der Waals surface area contributed by atoms with E-state index in [-0.39, 0.29) is 12.5 Å². The molecule has 1 amide bonds. The van der Waals surface area contributed by atoms with Crippen LogP contribution in [0.15, 0.2) is 6.07 Å². The first-order chi connectivity index (χ1) is 7.54. The van der Waals surface area contributed by atoms with Crippen molar-refractivity contribution in [2.24, 2.45) is 0 Å². The summed E-state index contributed by atoms with van der Waals surface area (Å²) in [6.07, 6.45) is 0. The fraction of sp³-hybridized carbons (Fsp3) is 0.400. The number of hydrogen-bond donors (Lipinski definition) is 2. The van der Waals surface area contributed by atoms with Crippen molar-refractivity contribution in [3.05, 3.63) is 21.8 Å². The van der Waals surface area contributed by atoms with Gasteiger partial charge < -0.3 is 10.6 Å². The van der Waals surface area contributed by atoms with E-state index >= 15 is 0 Å². The standard InChI is InChI=1S/C10H13Cl2N3O/c1-3-13-9(16)5-14-8-4-7(11)10(12)6(2)15-8/h4H,3,5H2,1-2H3,(H,13,16)(H,14,15). The number of aromatic nitrogens is 1. The Hall–Kier alpha value is -1.00. The molecule has 1 rings (SSSR count). The minimum atomic E-state index is -0.0898. The zero-order valence-electron chi connectivity index (χ0n) is 9.10. The van der Waals surface area contributed by atoms with Gasteiger partial charge >= 0.3 is 0 Å². The predicted octanol–water partition coefficient (Wildman–Crippen LogP) is 2.24. The van der Waals surface area contributed by atoms with E-state index in [0.29, 0.717) is 28.1 Å². The average Bonchev–Trinajstić information content (AvgIpc) is 2.23. The van der Waals surface area contributed by atoms with Gasteiger partial charge in [-0.15, -0.1) is 0 Å². The second-order valence-corrected chi connectivity index (χ2v) is 3.98. The van der Waals surface area contributed by atoms with Gasteiger partial charge in [-0.25, -0.2) is 4.98 Å². The molecule has 0 aliphatic heterocycles. The number of carbonyl (C=O) groups is 1. The van der Waals surface area contributed by atoms with Crippen LogP contribution in [0.5, 0.6) is 0 Å². The second kappa shape index (κ2) is 5.92. The number of carbonyl (C=O) groups excluding carboxylic acids is 1. The van der Waals surface area contributed by atoms with E-state index in [4.69, 9.17) is 23.2 Å². The molecular formula is C10H13Cl2N3O. The van der Waals surface area contributed by atoms with Crippen LogP contribution in [-0.4, -0.2) is 24.0 Å². The van der Waals surface area contributed by atoms with E-state index in [1.54, 1.807) is 13.0 Å². The second-order valence-electron chi connectivity index (χ2n) is 3.20. The Morgan fingerprint density at radius 1 is 1.50 bits per heavy atom. The number of halogens is 2. The Bertz CT molecular complexity index is 373. The molecular weight excluding hydrogens is 249 g/mol. The highest BCUT2D eigenvalue weighted by atomic mass is 35.5. The van der Waals surface area contributed by atoms with Gasteiger partial charge in [0.05, 0.1) is 22.3 Å². The maximum absolute atomic E-state index is 11.2. The van der Waals surface area contributed by atoms with Crippen molar-refractivity contribution in [1.82, 2.24) is 10.3 Å². The van der Waals surface area contributed by atoms with Crippen LogP contribution in [0.1, 0.15) is 12.6 Å². The molecule has 1 heterocycles. The van der Waals surface area contributed by atoms with Crippen molar-refractivity contribution < 1.29 is 4.79 Å². The number of likely N-dealkylation sites (N-methyl/N-ethyl adjacent to an activating group) is 1. The van der Waals surface area contributed by atoms with Crippen LogP contribution >= 0.6 is 23.2 Å². The summed E-state index contributed by atoms with van der Waals surface area (Å²) in [7, 11) is 0. The molecule has 0 radical (unpaired) electrons. The van der Waals surface area contributed by atoms with Gasteiger partial charge in [-0.2, -0.15) is 0 Å². The number of amides is 1. The largest absolute Gasteiger partial charge is 0.361 e. The molecule has 0 spiro atoms. The van der Waals surface area contributed by atoms with Crippen LogP contribution in [0.4, 0.5) is 5.82 Å². The lowest BCUT2D eigenvalue weighted by molar-refractivity contribution is -0.119. The minimum absolute atomic E-state index is 0.0898. The van der Waals surface area contributed by atoms with Crippen molar-refractivity contribution in [3.63, 3.8) is 0 Å². The number of nitrogens with zero attached hydrogens (tertiary/aromatic N) is 1. The number of hydrogen-bond acceptors (Lipinski definition) is 3. The van der Waals surface area contributed by atoms with Crippen LogP contribution < -0.4 is 10.6 Å². The zero-order valence-corrected chi connectivity index (χ0v) is 10.6. The Morgan fingerprint density at radius 2 is 2.19 bits per heavy atom. The monoisotopic (exact) mass is 261 g/mol. The first-order valence-corrected chi connectivity index (χ1v) is 5.63. The van der Waals surface area contributed by atoms with Crippen molar-refractivity contribution in [2.45, 2.75) is 13.8 Å². The summed E-state index contributed by atoms with van der Waals surface area (Å²) in [6, 6.07) is 1.59. The number of anilines is 1. The predicted molar refractivity (Wildman–Crippen MR) is 66.2 cm³/mol. The summed E-state index contributed by atoms with van der Waals surface area (Å²) in [5.74, 6) is 0.450. The summed E-state index contributed by atoms with van der Waals surface area (Å²) < 4.78 is 0. The van der Waals surface area contributed by atoms with E-state index in [9.17, 15) is 4.79 Å². The summed E-state index contributed by atoms with van der Waals surface area (Å²) in [6.45, 7) is 4.39. The van der Waals surface area contributed by atoms with E-state index in [2.05, 4.69) is 15.6 Å². The lowest BCUT2D eigenvalue weighted by Gasteiger charge is -2.08. The molecule has 4 nitrogen and oxygen atoms in total. The molecule has 6 heteroatoms. The molecule has 0 saturated heterocycles. The third-order valence-corrected chi connectivity index (χ3v) is 2.75. The molecule has 0 aromatic carbocycles. The molecule has 0 atom stereocenters. The Morgan fingerprint density at radius 3 is 2.75 bits per heavy atom. The van der Waals surface area contributed by atoms with Gasteiger partial charge in [-0.1, -0.05) is 23.2 Å². The minimum Gasteiger partial charge on any atom is -0.361 e. The maximum atomic E-state index is 11.2. The van der Waals surface area contributed by atoms with Crippen molar-refractivity contribution in [3.8, 4) is 0 Å². The molecule has 0 saturated carbocycles. The molecule has 88 valence electrons. The van der Waals surface area contributed by atoms with Crippen molar-refractivity contribution >= 4 is 34.9 Å². The van der Waals surface area contributed by atoms with E-state index in [1.807, 2.05) is 6.92 Å². The topological polar surface area (TPSA) is 54.0 Å². The first-order valence-electron chi connectivity index (χ1n) is 4.87. The number of nitrogens with one attached hydrogen (secondary N) is 2. The third kappa shape index (κ3) is 3.54. The molecule has 0 aliphatic rings. The zero-order chi connectivity index (χ0) is 12.1. The molecule has 16 heavy (non-hydrogen) atoms. The summed E-state index contributed by atoms with van der Waals surface area (Å²) >= 11 is 11.7. The first kappa shape index (κ1) is 13.1.